The lowest BCUT2D eigenvalue weighted by atomic mass is 9.98. The van der Waals surface area contributed by atoms with Gasteiger partial charge in [-0.25, -0.2) is 0 Å². The molecule has 1 amide bonds. The summed E-state index contributed by atoms with van der Waals surface area (Å²) < 4.78 is 5.58. The Morgan fingerprint density at radius 2 is 2.24 bits per heavy atom. The molecule has 1 aliphatic carbocycles. The first kappa shape index (κ1) is 14.4. The molecule has 1 heterocycles. The summed E-state index contributed by atoms with van der Waals surface area (Å²) in [7, 11) is 0. The van der Waals surface area contributed by atoms with Gasteiger partial charge < -0.3 is 10.1 Å². The van der Waals surface area contributed by atoms with Crippen LogP contribution >= 0.6 is 0 Å². The highest BCUT2D eigenvalue weighted by molar-refractivity contribution is 5.81. The van der Waals surface area contributed by atoms with Gasteiger partial charge in [0.15, 0.2) is 0 Å². The molecule has 4 nitrogen and oxygen atoms in total. The molecule has 0 unspecified atom stereocenters. The molecule has 1 fully saturated rings. The molecular weight excluding hydrogens is 264 g/mol. The number of ether oxygens (including phenoxy) is 1. The number of fused-ring (bicyclic) bond motifs is 1. The molecule has 2 aliphatic rings. The van der Waals surface area contributed by atoms with E-state index in [9.17, 15) is 4.79 Å². The predicted octanol–water partition coefficient (Wildman–Crippen LogP) is 2.11. The van der Waals surface area contributed by atoms with E-state index in [1.54, 1.807) is 0 Å². The van der Waals surface area contributed by atoms with E-state index in [1.807, 2.05) is 19.9 Å². The summed E-state index contributed by atoms with van der Waals surface area (Å²) in [5.41, 5.74) is 2.67. The Morgan fingerprint density at radius 3 is 2.95 bits per heavy atom. The monoisotopic (exact) mass is 288 g/mol. The van der Waals surface area contributed by atoms with E-state index in [2.05, 4.69) is 22.3 Å². The molecule has 1 atom stereocenters. The molecule has 0 bridgehead atoms. The lowest BCUT2D eigenvalue weighted by molar-refractivity contribution is -0.126. The molecule has 0 radical (unpaired) electrons. The van der Waals surface area contributed by atoms with Crippen LogP contribution in [-0.2, 0) is 17.8 Å². The minimum Gasteiger partial charge on any atom is -0.494 e. The van der Waals surface area contributed by atoms with Crippen LogP contribution in [0.4, 0.5) is 0 Å². The molecule has 0 saturated heterocycles. The van der Waals surface area contributed by atoms with Gasteiger partial charge in [-0.05, 0) is 56.4 Å². The van der Waals surface area contributed by atoms with Crippen molar-refractivity contribution in [2.45, 2.75) is 51.7 Å². The molecule has 1 aliphatic heterocycles. The number of carbonyl (C=O) groups is 1. The lowest BCUT2D eigenvalue weighted by Crippen LogP contribution is -2.47. The maximum absolute atomic E-state index is 12.2. The van der Waals surface area contributed by atoms with Crippen LogP contribution in [0.5, 0.6) is 5.75 Å². The minimum absolute atomic E-state index is 0.0606. The third kappa shape index (κ3) is 3.38. The van der Waals surface area contributed by atoms with Crippen molar-refractivity contribution in [2.75, 3.05) is 13.2 Å². The summed E-state index contributed by atoms with van der Waals surface area (Å²) in [6, 6.07) is 6.70. The van der Waals surface area contributed by atoms with Crippen LogP contribution in [0.2, 0.25) is 0 Å². The number of hydrogen-bond donors (Lipinski definition) is 1. The van der Waals surface area contributed by atoms with Crippen molar-refractivity contribution in [1.29, 1.82) is 0 Å². The van der Waals surface area contributed by atoms with Gasteiger partial charge in [0.1, 0.15) is 5.75 Å². The van der Waals surface area contributed by atoms with E-state index >= 15 is 0 Å². The Morgan fingerprint density at radius 1 is 1.43 bits per heavy atom. The number of nitrogens with zero attached hydrogens (tertiary/aromatic N) is 1. The zero-order valence-corrected chi connectivity index (χ0v) is 12.9. The number of amides is 1. The van der Waals surface area contributed by atoms with Gasteiger partial charge in [-0.1, -0.05) is 6.07 Å². The molecule has 0 spiro atoms. The second-order valence-corrected chi connectivity index (χ2v) is 6.04. The third-order valence-electron chi connectivity index (χ3n) is 4.38. The normalized spacial score (nSPS) is 19.7. The van der Waals surface area contributed by atoms with E-state index in [4.69, 9.17) is 4.74 Å². The van der Waals surface area contributed by atoms with E-state index < -0.39 is 0 Å². The average molecular weight is 288 g/mol. The minimum atomic E-state index is -0.0606. The van der Waals surface area contributed by atoms with Gasteiger partial charge in [0, 0.05) is 19.1 Å². The van der Waals surface area contributed by atoms with Crippen molar-refractivity contribution in [3.05, 3.63) is 29.3 Å². The van der Waals surface area contributed by atoms with Crippen molar-refractivity contribution in [2.24, 2.45) is 0 Å². The summed E-state index contributed by atoms with van der Waals surface area (Å²) in [5.74, 6) is 1.09. The van der Waals surface area contributed by atoms with E-state index in [1.165, 1.54) is 11.1 Å². The predicted molar refractivity (Wildman–Crippen MR) is 82.4 cm³/mol. The third-order valence-corrected chi connectivity index (χ3v) is 4.38. The molecule has 1 aromatic carbocycles. The molecule has 4 heteroatoms. The van der Waals surface area contributed by atoms with Crippen LogP contribution < -0.4 is 10.1 Å². The van der Waals surface area contributed by atoms with Gasteiger partial charge in [0.2, 0.25) is 5.91 Å². The molecule has 0 aromatic heterocycles. The zero-order chi connectivity index (χ0) is 14.8. The Hall–Kier alpha value is -1.55. The molecule has 1 aromatic rings. The zero-order valence-electron chi connectivity index (χ0n) is 12.9. The fourth-order valence-corrected chi connectivity index (χ4v) is 2.86. The quantitative estimate of drug-likeness (QED) is 0.902. The van der Waals surface area contributed by atoms with Crippen LogP contribution in [-0.4, -0.2) is 36.0 Å². The fraction of sp³-hybridized carbons (Fsp3) is 0.588. The number of nitrogens with one attached hydrogen (secondary N) is 1. The molecule has 21 heavy (non-hydrogen) atoms. The van der Waals surface area contributed by atoms with Crippen molar-refractivity contribution in [3.63, 3.8) is 0 Å². The fourth-order valence-electron chi connectivity index (χ4n) is 2.86. The first-order valence-corrected chi connectivity index (χ1v) is 7.96. The lowest BCUT2D eigenvalue weighted by Gasteiger charge is -2.33. The summed E-state index contributed by atoms with van der Waals surface area (Å²) >= 11 is 0. The van der Waals surface area contributed by atoms with E-state index in [0.29, 0.717) is 12.6 Å². The Labute approximate surface area is 126 Å². The molecule has 114 valence electrons. The van der Waals surface area contributed by atoms with Gasteiger partial charge in [-0.2, -0.15) is 0 Å². The average Bonchev–Trinajstić information content (AvgIpc) is 3.30. The first-order chi connectivity index (χ1) is 10.2. The molecule has 3 rings (SSSR count). The summed E-state index contributed by atoms with van der Waals surface area (Å²) in [5, 5.41) is 3.10. The molecular formula is C17H24N2O2. The van der Waals surface area contributed by atoms with Gasteiger partial charge in [-0.3, -0.25) is 9.69 Å². The topological polar surface area (TPSA) is 41.6 Å². The summed E-state index contributed by atoms with van der Waals surface area (Å²) in [6.07, 6.45) is 3.28. The Balaban J connectivity index is 1.67. The molecule has 1 N–H and O–H groups in total. The first-order valence-electron chi connectivity index (χ1n) is 7.96. The number of carbonyl (C=O) groups excluding carboxylic acids is 1. The SMILES string of the molecule is CCOc1ccc2c(c1)CN([C@@H](C)C(=O)NC1CC1)CC2. The van der Waals surface area contributed by atoms with Crippen molar-refractivity contribution >= 4 is 5.91 Å². The van der Waals surface area contributed by atoms with Crippen LogP contribution in [0.1, 0.15) is 37.8 Å². The largest absolute Gasteiger partial charge is 0.494 e. The second kappa shape index (κ2) is 6.06. The van der Waals surface area contributed by atoms with Gasteiger partial charge in [0.05, 0.1) is 12.6 Å². The number of rotatable bonds is 5. The smallest absolute Gasteiger partial charge is 0.237 e. The van der Waals surface area contributed by atoms with Crippen molar-refractivity contribution in [3.8, 4) is 5.75 Å². The Bertz CT molecular complexity index is 526. The van der Waals surface area contributed by atoms with Crippen molar-refractivity contribution in [1.82, 2.24) is 10.2 Å². The Kier molecular flexibility index (Phi) is 4.15. The number of hydrogen-bond acceptors (Lipinski definition) is 3. The van der Waals surface area contributed by atoms with Crippen LogP contribution in [0.25, 0.3) is 0 Å². The summed E-state index contributed by atoms with van der Waals surface area (Å²) in [4.78, 5) is 14.5. The second-order valence-electron chi connectivity index (χ2n) is 6.04. The van der Waals surface area contributed by atoms with E-state index in [-0.39, 0.29) is 11.9 Å². The van der Waals surface area contributed by atoms with Crippen LogP contribution in [0, 0.1) is 0 Å². The van der Waals surface area contributed by atoms with Crippen molar-refractivity contribution < 1.29 is 9.53 Å². The van der Waals surface area contributed by atoms with Gasteiger partial charge in [-0.15, -0.1) is 0 Å². The standard InChI is InChI=1S/C17H24N2O2/c1-3-21-16-7-4-13-8-9-19(11-14(13)10-16)12(2)17(20)18-15-5-6-15/h4,7,10,12,15H,3,5-6,8-9,11H2,1-2H3,(H,18,20)/t12-/m0/s1. The highest BCUT2D eigenvalue weighted by atomic mass is 16.5. The van der Waals surface area contributed by atoms with Crippen LogP contribution in [0.3, 0.4) is 0 Å². The molecule has 1 saturated carbocycles. The van der Waals surface area contributed by atoms with E-state index in [0.717, 1.165) is 38.1 Å². The van der Waals surface area contributed by atoms with Gasteiger partial charge >= 0.3 is 0 Å². The highest BCUT2D eigenvalue weighted by Gasteiger charge is 2.29. The summed E-state index contributed by atoms with van der Waals surface area (Å²) in [6.45, 7) is 6.46. The maximum atomic E-state index is 12.2. The maximum Gasteiger partial charge on any atom is 0.237 e. The van der Waals surface area contributed by atoms with Gasteiger partial charge in [0.25, 0.3) is 0 Å². The van der Waals surface area contributed by atoms with Crippen LogP contribution in [0.15, 0.2) is 18.2 Å². The number of benzene rings is 1. The highest BCUT2D eigenvalue weighted by Crippen LogP contribution is 2.25.